The van der Waals surface area contributed by atoms with Crippen LogP contribution in [0.25, 0.3) is 0 Å². The first-order valence-electron chi connectivity index (χ1n) is 6.72. The summed E-state index contributed by atoms with van der Waals surface area (Å²) in [5, 5.41) is 9.20. The molecule has 2 aromatic rings. The molecule has 0 fully saturated rings. The average molecular weight is 290 g/mol. The zero-order valence-corrected chi connectivity index (χ0v) is 12.3. The quantitative estimate of drug-likeness (QED) is 0.872. The first kappa shape index (κ1) is 13.5. The van der Waals surface area contributed by atoms with Crippen molar-refractivity contribution in [2.24, 2.45) is 12.8 Å². The third kappa shape index (κ3) is 2.53. The van der Waals surface area contributed by atoms with E-state index < -0.39 is 0 Å². The molecule has 3 rings (SSSR count). The highest BCUT2D eigenvalue weighted by Gasteiger charge is 2.22. The van der Waals surface area contributed by atoms with Crippen molar-refractivity contribution in [3.63, 3.8) is 0 Å². The van der Waals surface area contributed by atoms with Gasteiger partial charge in [-0.3, -0.25) is 0 Å². The SMILES string of the molecule is Cn1c(CN)nnc1SCC1CCOc2ccccc21. The van der Waals surface area contributed by atoms with Crippen molar-refractivity contribution in [3.05, 3.63) is 35.7 Å². The zero-order chi connectivity index (χ0) is 13.9. The van der Waals surface area contributed by atoms with Crippen LogP contribution in [0.1, 0.15) is 23.7 Å². The van der Waals surface area contributed by atoms with Crippen LogP contribution >= 0.6 is 11.8 Å². The first-order valence-corrected chi connectivity index (χ1v) is 7.71. The summed E-state index contributed by atoms with van der Waals surface area (Å²) in [7, 11) is 1.96. The van der Waals surface area contributed by atoms with E-state index in [0.29, 0.717) is 12.5 Å². The Morgan fingerprint density at radius 3 is 3.05 bits per heavy atom. The second kappa shape index (κ2) is 5.85. The minimum absolute atomic E-state index is 0.421. The minimum atomic E-state index is 0.421. The van der Waals surface area contributed by atoms with Gasteiger partial charge in [0.25, 0.3) is 0 Å². The van der Waals surface area contributed by atoms with Gasteiger partial charge in [-0.15, -0.1) is 10.2 Å². The summed E-state index contributed by atoms with van der Waals surface area (Å²) >= 11 is 1.73. The van der Waals surface area contributed by atoms with Crippen LogP contribution in [0.15, 0.2) is 29.4 Å². The Morgan fingerprint density at radius 1 is 1.40 bits per heavy atom. The van der Waals surface area contributed by atoms with E-state index in [1.807, 2.05) is 23.7 Å². The molecule has 5 nitrogen and oxygen atoms in total. The van der Waals surface area contributed by atoms with Crippen molar-refractivity contribution in [1.29, 1.82) is 0 Å². The largest absolute Gasteiger partial charge is 0.493 e. The van der Waals surface area contributed by atoms with Crippen molar-refractivity contribution in [1.82, 2.24) is 14.8 Å². The summed E-state index contributed by atoms with van der Waals surface area (Å²) in [4.78, 5) is 0. The fourth-order valence-electron chi connectivity index (χ4n) is 2.41. The summed E-state index contributed by atoms with van der Waals surface area (Å²) in [5.74, 6) is 3.32. The van der Waals surface area contributed by atoms with Gasteiger partial charge in [0.2, 0.25) is 0 Å². The molecular formula is C14H18N4OS. The Kier molecular flexibility index (Phi) is 3.93. The standard InChI is InChI=1S/C14H18N4OS/c1-18-13(8-15)16-17-14(18)20-9-10-6-7-19-12-5-3-2-4-11(10)12/h2-5,10H,6-9,15H2,1H3. The summed E-state index contributed by atoms with van der Waals surface area (Å²) in [5.41, 5.74) is 6.92. The van der Waals surface area contributed by atoms with Gasteiger partial charge in [-0.1, -0.05) is 30.0 Å². The molecule has 1 unspecified atom stereocenters. The van der Waals surface area contributed by atoms with E-state index in [4.69, 9.17) is 10.5 Å². The van der Waals surface area contributed by atoms with Gasteiger partial charge in [-0.05, 0) is 18.1 Å². The molecule has 2 N–H and O–H groups in total. The number of benzene rings is 1. The molecule has 6 heteroatoms. The number of thioether (sulfide) groups is 1. The van der Waals surface area contributed by atoms with E-state index in [9.17, 15) is 0 Å². The molecule has 0 amide bonds. The van der Waals surface area contributed by atoms with E-state index in [1.54, 1.807) is 11.8 Å². The summed E-state index contributed by atoms with van der Waals surface area (Å²) < 4.78 is 7.66. The Labute approximate surface area is 122 Å². The molecule has 0 spiro atoms. The molecule has 106 valence electrons. The Morgan fingerprint density at radius 2 is 2.25 bits per heavy atom. The number of aromatic nitrogens is 3. The van der Waals surface area contributed by atoms with Gasteiger partial charge >= 0.3 is 0 Å². The van der Waals surface area contributed by atoms with Crippen molar-refractivity contribution >= 4 is 11.8 Å². The molecular weight excluding hydrogens is 272 g/mol. The lowest BCUT2D eigenvalue weighted by Gasteiger charge is -2.25. The predicted molar refractivity (Wildman–Crippen MR) is 78.9 cm³/mol. The second-order valence-electron chi connectivity index (χ2n) is 4.84. The number of nitrogens with zero attached hydrogens (tertiary/aromatic N) is 3. The maximum absolute atomic E-state index is 5.69. The number of hydrogen-bond donors (Lipinski definition) is 1. The molecule has 2 heterocycles. The molecule has 0 aliphatic carbocycles. The van der Waals surface area contributed by atoms with Gasteiger partial charge in [0.15, 0.2) is 5.16 Å². The van der Waals surface area contributed by atoms with Crippen LogP contribution in [0.2, 0.25) is 0 Å². The summed E-state index contributed by atoms with van der Waals surface area (Å²) in [6, 6.07) is 8.29. The zero-order valence-electron chi connectivity index (χ0n) is 11.5. The summed E-state index contributed by atoms with van der Waals surface area (Å²) in [6.45, 7) is 1.21. The van der Waals surface area contributed by atoms with E-state index in [0.717, 1.165) is 35.5 Å². The lowest BCUT2D eigenvalue weighted by Crippen LogP contribution is -2.16. The molecule has 0 radical (unpaired) electrons. The van der Waals surface area contributed by atoms with E-state index in [-0.39, 0.29) is 0 Å². The molecule has 0 bridgehead atoms. The topological polar surface area (TPSA) is 66.0 Å². The Balaban J connectivity index is 1.71. The predicted octanol–water partition coefficient (Wildman–Crippen LogP) is 1.93. The highest BCUT2D eigenvalue weighted by Crippen LogP contribution is 2.36. The van der Waals surface area contributed by atoms with E-state index in [1.165, 1.54) is 5.56 Å². The fourth-order valence-corrected chi connectivity index (χ4v) is 3.51. The van der Waals surface area contributed by atoms with Gasteiger partial charge in [0, 0.05) is 18.7 Å². The smallest absolute Gasteiger partial charge is 0.191 e. The summed E-state index contributed by atoms with van der Waals surface area (Å²) in [6.07, 6.45) is 1.05. The number of ether oxygens (including phenoxy) is 1. The molecule has 1 atom stereocenters. The fraction of sp³-hybridized carbons (Fsp3) is 0.429. The van der Waals surface area contributed by atoms with Crippen LogP contribution in [0.3, 0.4) is 0 Å². The highest BCUT2D eigenvalue weighted by atomic mass is 32.2. The van der Waals surface area contributed by atoms with Gasteiger partial charge in [0.1, 0.15) is 11.6 Å². The number of fused-ring (bicyclic) bond motifs is 1. The average Bonchev–Trinajstić information content (AvgIpc) is 2.85. The first-order chi connectivity index (χ1) is 9.79. The lowest BCUT2D eigenvalue weighted by atomic mass is 9.95. The van der Waals surface area contributed by atoms with Crippen LogP contribution < -0.4 is 10.5 Å². The van der Waals surface area contributed by atoms with Crippen molar-refractivity contribution in [2.45, 2.75) is 24.0 Å². The Bertz CT molecular complexity index is 599. The van der Waals surface area contributed by atoms with Crippen LogP contribution in [-0.2, 0) is 13.6 Å². The molecule has 0 saturated heterocycles. The molecule has 1 aromatic carbocycles. The van der Waals surface area contributed by atoms with Crippen LogP contribution in [0, 0.1) is 0 Å². The maximum atomic E-state index is 5.69. The van der Waals surface area contributed by atoms with E-state index in [2.05, 4.69) is 22.3 Å². The minimum Gasteiger partial charge on any atom is -0.493 e. The number of nitrogens with two attached hydrogens (primary N) is 1. The van der Waals surface area contributed by atoms with Crippen molar-refractivity contribution < 1.29 is 4.74 Å². The van der Waals surface area contributed by atoms with Gasteiger partial charge in [-0.25, -0.2) is 0 Å². The maximum Gasteiger partial charge on any atom is 0.191 e. The Hall–Kier alpha value is -1.53. The van der Waals surface area contributed by atoms with E-state index >= 15 is 0 Å². The van der Waals surface area contributed by atoms with Crippen molar-refractivity contribution in [2.75, 3.05) is 12.4 Å². The molecule has 1 aliphatic heterocycles. The third-order valence-corrected chi connectivity index (χ3v) is 4.79. The van der Waals surface area contributed by atoms with Crippen LogP contribution in [0.4, 0.5) is 0 Å². The monoisotopic (exact) mass is 290 g/mol. The normalized spacial score (nSPS) is 17.6. The van der Waals surface area contributed by atoms with Gasteiger partial charge in [-0.2, -0.15) is 0 Å². The highest BCUT2D eigenvalue weighted by molar-refractivity contribution is 7.99. The van der Waals surface area contributed by atoms with Crippen LogP contribution in [0.5, 0.6) is 5.75 Å². The van der Waals surface area contributed by atoms with Crippen LogP contribution in [-0.4, -0.2) is 27.1 Å². The van der Waals surface area contributed by atoms with Gasteiger partial charge in [0.05, 0.1) is 13.2 Å². The molecule has 1 aromatic heterocycles. The second-order valence-corrected chi connectivity index (χ2v) is 5.83. The number of rotatable bonds is 4. The molecule has 1 aliphatic rings. The van der Waals surface area contributed by atoms with Crippen molar-refractivity contribution in [3.8, 4) is 5.75 Å². The third-order valence-electron chi connectivity index (χ3n) is 3.60. The molecule has 20 heavy (non-hydrogen) atoms. The van der Waals surface area contributed by atoms with Gasteiger partial charge < -0.3 is 15.0 Å². The lowest BCUT2D eigenvalue weighted by molar-refractivity contribution is 0.273. The number of hydrogen-bond acceptors (Lipinski definition) is 5. The molecule has 0 saturated carbocycles. The number of para-hydroxylation sites is 1.